The van der Waals surface area contributed by atoms with Gasteiger partial charge in [0.25, 0.3) is 0 Å². The van der Waals surface area contributed by atoms with E-state index in [4.69, 9.17) is 21.8 Å². The molecule has 0 saturated carbocycles. The molecule has 2 N–H and O–H groups in total. The van der Waals surface area contributed by atoms with E-state index in [1.54, 1.807) is 12.3 Å². The van der Waals surface area contributed by atoms with Crippen molar-refractivity contribution >= 4 is 40.5 Å². The molecule has 4 aromatic heterocycles. The second-order valence-corrected chi connectivity index (χ2v) is 10.9. The molecule has 0 unspecified atom stereocenters. The van der Waals surface area contributed by atoms with Gasteiger partial charge in [-0.1, -0.05) is 32.4 Å². The molecule has 11 heteroatoms. The van der Waals surface area contributed by atoms with Crippen LogP contribution in [0.2, 0.25) is 5.02 Å². The number of nitrogens with one attached hydrogen (secondary N) is 2. The van der Waals surface area contributed by atoms with E-state index in [1.165, 1.54) is 0 Å². The molecule has 190 valence electrons. The van der Waals surface area contributed by atoms with Gasteiger partial charge in [0.05, 0.1) is 11.9 Å². The Morgan fingerprint density at radius 2 is 1.95 bits per heavy atom. The third-order valence-corrected chi connectivity index (χ3v) is 6.42. The summed E-state index contributed by atoms with van der Waals surface area (Å²) in [5.74, 6) is 1.84. The number of pyridine rings is 1. The van der Waals surface area contributed by atoms with Crippen LogP contribution < -0.4 is 15.5 Å². The van der Waals surface area contributed by atoms with E-state index in [1.807, 2.05) is 34.9 Å². The van der Waals surface area contributed by atoms with Crippen molar-refractivity contribution in [3.05, 3.63) is 59.3 Å². The van der Waals surface area contributed by atoms with Crippen molar-refractivity contribution in [3.8, 4) is 6.07 Å². The number of fused-ring (bicyclic) bond motifs is 1. The molecule has 0 atom stereocenters. The van der Waals surface area contributed by atoms with Gasteiger partial charge in [-0.3, -0.25) is 0 Å². The molecule has 0 bridgehead atoms. The van der Waals surface area contributed by atoms with Crippen LogP contribution in [-0.2, 0) is 6.42 Å². The average Bonchev–Trinajstić information content (AvgIpc) is 3.26. The number of hydrogen-bond acceptors (Lipinski definition) is 9. The first-order valence-electron chi connectivity index (χ1n) is 12.3. The van der Waals surface area contributed by atoms with Crippen LogP contribution in [0.15, 0.2) is 42.9 Å². The highest BCUT2D eigenvalue weighted by molar-refractivity contribution is 6.32. The van der Waals surface area contributed by atoms with Gasteiger partial charge in [-0.05, 0) is 42.9 Å². The Bertz CT molecular complexity index is 1430. The fraction of sp³-hybridized carbons (Fsp3) is 0.385. The monoisotopic (exact) mass is 516 g/mol. The van der Waals surface area contributed by atoms with E-state index >= 15 is 0 Å². The number of hydrogen-bond donors (Lipinski definition) is 2. The third-order valence-electron chi connectivity index (χ3n) is 6.15. The minimum atomic E-state index is 0.175. The van der Waals surface area contributed by atoms with Gasteiger partial charge in [0, 0.05) is 43.3 Å². The minimum absolute atomic E-state index is 0.175. The second kappa shape index (κ2) is 10.2. The predicted molar refractivity (Wildman–Crippen MR) is 144 cm³/mol. The van der Waals surface area contributed by atoms with Crippen LogP contribution in [0, 0.1) is 16.7 Å². The third kappa shape index (κ3) is 6.06. The summed E-state index contributed by atoms with van der Waals surface area (Å²) in [6.45, 7) is 8.25. The van der Waals surface area contributed by atoms with E-state index in [0.29, 0.717) is 22.5 Å². The van der Waals surface area contributed by atoms with Crippen molar-refractivity contribution in [1.29, 1.82) is 5.26 Å². The normalized spacial score (nSPS) is 14.5. The summed E-state index contributed by atoms with van der Waals surface area (Å²) in [7, 11) is 0. The number of piperidine rings is 1. The van der Waals surface area contributed by atoms with E-state index in [0.717, 1.165) is 55.2 Å². The molecule has 1 fully saturated rings. The van der Waals surface area contributed by atoms with Crippen molar-refractivity contribution in [2.24, 2.45) is 5.41 Å². The first-order valence-corrected chi connectivity index (χ1v) is 12.7. The van der Waals surface area contributed by atoms with Crippen molar-refractivity contribution in [2.75, 3.05) is 28.6 Å². The molecule has 0 spiro atoms. The summed E-state index contributed by atoms with van der Waals surface area (Å²) in [5.41, 5.74) is 3.28. The standard InChI is InChI=1S/C26H29ClN10/c1-26(2,3)13-20-16-37-11-8-18(12-23(37)30-20)32-25-29-15-21(27)24(33-25)31-17-6-9-36(10-7-17)22-5-4-19(14-28)34-35-22/h4-5,8,11-12,15-17H,6-7,9-10,13H2,1-3H3,(H2,29,31,32,33). The number of nitriles is 1. The van der Waals surface area contributed by atoms with Gasteiger partial charge in [-0.2, -0.15) is 10.2 Å². The Morgan fingerprint density at radius 3 is 2.65 bits per heavy atom. The molecule has 0 aliphatic carbocycles. The largest absolute Gasteiger partial charge is 0.366 e. The molecule has 1 aliphatic heterocycles. The number of halogens is 1. The van der Waals surface area contributed by atoms with Crippen LogP contribution in [-0.4, -0.2) is 48.7 Å². The minimum Gasteiger partial charge on any atom is -0.366 e. The van der Waals surface area contributed by atoms with Crippen LogP contribution in [0.3, 0.4) is 0 Å². The summed E-state index contributed by atoms with van der Waals surface area (Å²) in [5, 5.41) is 24.2. The topological polar surface area (TPSA) is 120 Å². The molecular formula is C26H29ClN10. The lowest BCUT2D eigenvalue weighted by molar-refractivity contribution is 0.407. The molecule has 5 heterocycles. The lowest BCUT2D eigenvalue weighted by Gasteiger charge is -2.33. The molecular weight excluding hydrogens is 488 g/mol. The van der Waals surface area contributed by atoms with Crippen LogP contribution in [0.4, 0.5) is 23.3 Å². The zero-order valence-corrected chi connectivity index (χ0v) is 21.9. The fourth-order valence-corrected chi connectivity index (χ4v) is 4.54. The number of aromatic nitrogens is 6. The zero-order valence-electron chi connectivity index (χ0n) is 21.1. The SMILES string of the molecule is CC(C)(C)Cc1cn2ccc(Nc3ncc(Cl)c(NC4CCN(c5ccc(C#N)nn5)CC4)n3)cc2n1. The van der Waals surface area contributed by atoms with Crippen molar-refractivity contribution in [3.63, 3.8) is 0 Å². The molecule has 4 aromatic rings. The Labute approximate surface area is 220 Å². The van der Waals surface area contributed by atoms with E-state index in [9.17, 15) is 0 Å². The average molecular weight is 517 g/mol. The van der Waals surface area contributed by atoms with Crippen LogP contribution in [0.1, 0.15) is 45.0 Å². The van der Waals surface area contributed by atoms with Crippen LogP contribution >= 0.6 is 11.6 Å². The molecule has 0 radical (unpaired) electrons. The Morgan fingerprint density at radius 1 is 1.14 bits per heavy atom. The molecule has 1 saturated heterocycles. The van der Waals surface area contributed by atoms with Gasteiger partial charge in [0.2, 0.25) is 5.95 Å². The fourth-order valence-electron chi connectivity index (χ4n) is 4.40. The quantitative estimate of drug-likeness (QED) is 0.370. The summed E-state index contributed by atoms with van der Waals surface area (Å²) < 4.78 is 2.03. The summed E-state index contributed by atoms with van der Waals surface area (Å²) >= 11 is 6.42. The zero-order chi connectivity index (χ0) is 26.0. The molecule has 0 aromatic carbocycles. The number of imidazole rings is 1. The Kier molecular flexibility index (Phi) is 6.80. The van der Waals surface area contributed by atoms with Gasteiger partial charge in [-0.15, -0.1) is 10.2 Å². The number of rotatable bonds is 6. The van der Waals surface area contributed by atoms with Gasteiger partial charge < -0.3 is 19.9 Å². The molecule has 5 rings (SSSR count). The number of nitrogens with zero attached hydrogens (tertiary/aromatic N) is 8. The number of anilines is 4. The molecule has 1 aliphatic rings. The highest BCUT2D eigenvalue weighted by atomic mass is 35.5. The first-order chi connectivity index (χ1) is 17.8. The van der Waals surface area contributed by atoms with E-state index in [2.05, 4.69) is 62.7 Å². The first kappa shape index (κ1) is 24.7. The Balaban J connectivity index is 1.22. The lowest BCUT2D eigenvalue weighted by Crippen LogP contribution is -2.39. The van der Waals surface area contributed by atoms with Gasteiger partial charge >= 0.3 is 0 Å². The van der Waals surface area contributed by atoms with Gasteiger partial charge in [0.1, 0.15) is 16.7 Å². The van der Waals surface area contributed by atoms with Crippen LogP contribution in [0.5, 0.6) is 0 Å². The van der Waals surface area contributed by atoms with Gasteiger partial charge in [-0.25, -0.2) is 9.97 Å². The van der Waals surface area contributed by atoms with Crippen molar-refractivity contribution < 1.29 is 0 Å². The maximum atomic E-state index is 8.91. The summed E-state index contributed by atoms with van der Waals surface area (Å²) in [6, 6.07) is 9.70. The Hall–Kier alpha value is -3.97. The maximum Gasteiger partial charge on any atom is 0.229 e. The highest BCUT2D eigenvalue weighted by Gasteiger charge is 2.22. The van der Waals surface area contributed by atoms with E-state index in [-0.39, 0.29) is 11.5 Å². The maximum absolute atomic E-state index is 8.91. The van der Waals surface area contributed by atoms with Crippen molar-refractivity contribution in [2.45, 2.75) is 46.1 Å². The summed E-state index contributed by atoms with van der Waals surface area (Å²) in [6.07, 6.45) is 8.35. The smallest absolute Gasteiger partial charge is 0.229 e. The highest BCUT2D eigenvalue weighted by Crippen LogP contribution is 2.26. The predicted octanol–water partition coefficient (Wildman–Crippen LogP) is 4.85. The van der Waals surface area contributed by atoms with Crippen molar-refractivity contribution in [1.82, 2.24) is 29.5 Å². The van der Waals surface area contributed by atoms with Gasteiger partial charge in [0.15, 0.2) is 17.3 Å². The lowest BCUT2D eigenvalue weighted by atomic mass is 9.91. The van der Waals surface area contributed by atoms with E-state index < -0.39 is 0 Å². The molecule has 0 amide bonds. The second-order valence-electron chi connectivity index (χ2n) is 10.5. The molecule has 10 nitrogen and oxygen atoms in total. The van der Waals surface area contributed by atoms with Crippen LogP contribution in [0.25, 0.3) is 5.65 Å². The molecule has 37 heavy (non-hydrogen) atoms. The summed E-state index contributed by atoms with van der Waals surface area (Å²) in [4.78, 5) is 15.9.